The van der Waals surface area contributed by atoms with E-state index in [1.54, 1.807) is 17.9 Å². The van der Waals surface area contributed by atoms with Crippen LogP contribution in [0.1, 0.15) is 59.8 Å². The maximum Gasteiger partial charge on any atom is 0.410 e. The van der Waals surface area contributed by atoms with E-state index in [0.717, 1.165) is 44.6 Å². The van der Waals surface area contributed by atoms with Crippen LogP contribution < -0.4 is 5.32 Å². The molecule has 2 saturated heterocycles. The standard InChI is InChI=1S/C32H52N4O7/c1-23(22-33-30(39)35-15-6-7-16-35)9-8-10-24(2)29-25(3)11-12-27(42-31(40)36-19-17-34(5)18-20-36)32(4,41)14-13-26(37)21-28(38)43-29/h8-12,23,25-27,29,37,41H,6-7,13-22H2,1-5H3,(H,33,39)/b9-8+,12-11+,24-10+/t23-,25+,26-,27+,29-,32-/m1/s1. The monoisotopic (exact) mass is 604 g/mol. The van der Waals surface area contributed by atoms with Crippen LogP contribution in [0.5, 0.6) is 0 Å². The van der Waals surface area contributed by atoms with Crippen LogP contribution in [0.4, 0.5) is 9.59 Å². The highest BCUT2D eigenvalue weighted by atomic mass is 16.6. The van der Waals surface area contributed by atoms with Crippen LogP contribution in [-0.2, 0) is 14.3 Å². The highest BCUT2D eigenvalue weighted by molar-refractivity contribution is 5.74. The summed E-state index contributed by atoms with van der Waals surface area (Å²) in [6.45, 7) is 12.1. The van der Waals surface area contributed by atoms with Gasteiger partial charge in [0.05, 0.1) is 12.5 Å². The summed E-state index contributed by atoms with van der Waals surface area (Å²) >= 11 is 0. The summed E-state index contributed by atoms with van der Waals surface area (Å²) in [6, 6.07) is -0.0288. The van der Waals surface area contributed by atoms with E-state index in [1.165, 1.54) is 0 Å². The normalized spacial score (nSPS) is 31.6. The third-order valence-electron chi connectivity index (χ3n) is 8.53. The van der Waals surface area contributed by atoms with Crippen molar-refractivity contribution in [3.8, 4) is 0 Å². The highest BCUT2D eigenvalue weighted by Gasteiger charge is 2.36. The second kappa shape index (κ2) is 16.3. The van der Waals surface area contributed by atoms with Crippen molar-refractivity contribution in [1.82, 2.24) is 20.0 Å². The predicted molar refractivity (Wildman–Crippen MR) is 164 cm³/mol. The lowest BCUT2D eigenvalue weighted by Gasteiger charge is -2.36. The SMILES string of the molecule is C/C(=C\C=C\[C@@H](C)CNC(=O)N1CCCC1)[C@H]1OC(=O)C[C@H](O)CC[C@@](C)(O)[C@@H](OC(=O)N2CCN(C)CC2)/C=C/[C@@H]1C. The summed E-state index contributed by atoms with van der Waals surface area (Å²) in [4.78, 5) is 43.6. The number of esters is 1. The number of hydrogen-bond donors (Lipinski definition) is 3. The van der Waals surface area contributed by atoms with Crippen LogP contribution in [0.3, 0.4) is 0 Å². The van der Waals surface area contributed by atoms with E-state index in [4.69, 9.17) is 9.47 Å². The molecular formula is C32H52N4O7. The summed E-state index contributed by atoms with van der Waals surface area (Å²) in [7, 11) is 2.00. The largest absolute Gasteiger partial charge is 0.457 e. The van der Waals surface area contributed by atoms with Crippen molar-refractivity contribution in [1.29, 1.82) is 0 Å². The van der Waals surface area contributed by atoms with E-state index in [-0.39, 0.29) is 37.1 Å². The minimum Gasteiger partial charge on any atom is -0.457 e. The number of nitrogens with one attached hydrogen (secondary N) is 1. The first-order valence-electron chi connectivity index (χ1n) is 15.7. The van der Waals surface area contributed by atoms with Gasteiger partial charge in [0.25, 0.3) is 0 Å². The van der Waals surface area contributed by atoms with Crippen molar-refractivity contribution in [3.05, 3.63) is 36.0 Å². The zero-order valence-corrected chi connectivity index (χ0v) is 26.5. The number of carbonyl (C=O) groups is 3. The molecule has 11 nitrogen and oxygen atoms in total. The number of amides is 3. The molecule has 0 aliphatic carbocycles. The van der Waals surface area contributed by atoms with Gasteiger partial charge in [-0.2, -0.15) is 0 Å². The van der Waals surface area contributed by atoms with Gasteiger partial charge >= 0.3 is 18.1 Å². The Bertz CT molecular complexity index is 1030. The number of urea groups is 1. The number of likely N-dealkylation sites (tertiary alicyclic amines) is 1. The molecule has 0 spiro atoms. The van der Waals surface area contributed by atoms with E-state index < -0.39 is 36.0 Å². The molecule has 242 valence electrons. The molecule has 2 fully saturated rings. The van der Waals surface area contributed by atoms with Gasteiger partial charge in [-0.25, -0.2) is 9.59 Å². The molecule has 11 heteroatoms. The molecule has 0 saturated carbocycles. The molecule has 0 aromatic carbocycles. The molecule has 3 amide bonds. The Balaban J connectivity index is 1.71. The molecule has 0 bridgehead atoms. The van der Waals surface area contributed by atoms with Gasteiger partial charge in [-0.15, -0.1) is 0 Å². The fourth-order valence-electron chi connectivity index (χ4n) is 5.46. The first-order valence-corrected chi connectivity index (χ1v) is 15.7. The second-order valence-corrected chi connectivity index (χ2v) is 12.7. The summed E-state index contributed by atoms with van der Waals surface area (Å²) in [5, 5.41) is 24.8. The quantitative estimate of drug-likeness (QED) is 0.240. The van der Waals surface area contributed by atoms with Crippen molar-refractivity contribution in [2.45, 2.75) is 83.7 Å². The lowest BCUT2D eigenvalue weighted by molar-refractivity contribution is -0.151. The third kappa shape index (κ3) is 11.0. The van der Waals surface area contributed by atoms with Gasteiger partial charge in [0.15, 0.2) is 6.10 Å². The predicted octanol–water partition coefficient (Wildman–Crippen LogP) is 3.08. The van der Waals surface area contributed by atoms with Crippen molar-refractivity contribution in [2.75, 3.05) is 52.9 Å². The minimum atomic E-state index is -1.45. The first-order chi connectivity index (χ1) is 20.4. The average Bonchev–Trinajstić information content (AvgIpc) is 3.50. The molecule has 3 heterocycles. The molecule has 0 aromatic rings. The van der Waals surface area contributed by atoms with Crippen LogP contribution in [-0.4, -0.2) is 120 Å². The number of allylic oxidation sites excluding steroid dienone is 2. The second-order valence-electron chi connectivity index (χ2n) is 12.7. The third-order valence-corrected chi connectivity index (χ3v) is 8.53. The Morgan fingerprint density at radius 3 is 2.51 bits per heavy atom. The smallest absolute Gasteiger partial charge is 0.410 e. The molecule has 0 radical (unpaired) electrons. The summed E-state index contributed by atoms with van der Waals surface area (Å²) in [5.41, 5.74) is -0.661. The molecule has 43 heavy (non-hydrogen) atoms. The first kappa shape index (κ1) is 34.6. The Hall–Kier alpha value is -2.89. The van der Waals surface area contributed by atoms with Crippen molar-refractivity contribution in [3.63, 3.8) is 0 Å². The average molecular weight is 605 g/mol. The minimum absolute atomic E-state index is 0.0288. The van der Waals surface area contributed by atoms with Crippen LogP contribution in [0, 0.1) is 11.8 Å². The molecule has 3 aliphatic rings. The van der Waals surface area contributed by atoms with Crippen molar-refractivity contribution in [2.24, 2.45) is 11.8 Å². The number of rotatable bonds is 6. The number of cyclic esters (lactones) is 1. The van der Waals surface area contributed by atoms with E-state index >= 15 is 0 Å². The summed E-state index contributed by atoms with van der Waals surface area (Å²) in [6.07, 6.45) is 8.32. The lowest BCUT2D eigenvalue weighted by atomic mass is 9.89. The molecule has 3 rings (SSSR count). The van der Waals surface area contributed by atoms with Gasteiger partial charge in [-0.1, -0.05) is 38.2 Å². The van der Waals surface area contributed by atoms with Crippen LogP contribution in [0.15, 0.2) is 36.0 Å². The van der Waals surface area contributed by atoms with Crippen molar-refractivity contribution >= 4 is 18.1 Å². The van der Waals surface area contributed by atoms with Gasteiger partial charge in [0, 0.05) is 51.7 Å². The van der Waals surface area contributed by atoms with Crippen molar-refractivity contribution < 1.29 is 34.1 Å². The number of piperazine rings is 1. The number of aliphatic hydroxyl groups excluding tert-OH is 1. The molecular weight excluding hydrogens is 552 g/mol. The number of likely N-dealkylation sites (N-methyl/N-ethyl adjacent to an activating group) is 1. The lowest BCUT2D eigenvalue weighted by Crippen LogP contribution is -2.50. The van der Waals surface area contributed by atoms with E-state index in [1.807, 2.05) is 57.0 Å². The number of ether oxygens (including phenoxy) is 2. The number of hydrogen-bond acceptors (Lipinski definition) is 8. The fourth-order valence-corrected chi connectivity index (χ4v) is 5.46. The molecule has 0 aromatic heterocycles. The number of nitrogens with zero attached hydrogens (tertiary/aromatic N) is 3. The number of aliphatic hydroxyl groups is 2. The van der Waals surface area contributed by atoms with E-state index in [9.17, 15) is 24.6 Å². The summed E-state index contributed by atoms with van der Waals surface area (Å²) < 4.78 is 11.7. The van der Waals surface area contributed by atoms with E-state index in [2.05, 4.69) is 10.2 Å². The maximum absolute atomic E-state index is 13.0. The van der Waals surface area contributed by atoms with Crippen LogP contribution >= 0.6 is 0 Å². The molecule has 0 unspecified atom stereocenters. The zero-order valence-electron chi connectivity index (χ0n) is 26.5. The Labute approximate surface area is 256 Å². The van der Waals surface area contributed by atoms with Crippen LogP contribution in [0.25, 0.3) is 0 Å². The topological polar surface area (TPSA) is 132 Å². The Kier molecular flexibility index (Phi) is 13.1. The van der Waals surface area contributed by atoms with Gasteiger partial charge in [-0.3, -0.25) is 4.79 Å². The molecule has 6 atom stereocenters. The number of carbonyl (C=O) groups excluding carboxylic acids is 3. The molecule has 3 aliphatic heterocycles. The fraction of sp³-hybridized carbons (Fsp3) is 0.719. The molecule has 3 N–H and O–H groups in total. The van der Waals surface area contributed by atoms with Gasteiger partial charge in [-0.05, 0) is 64.1 Å². The Morgan fingerprint density at radius 1 is 1.16 bits per heavy atom. The van der Waals surface area contributed by atoms with Gasteiger partial charge < -0.3 is 39.7 Å². The summed E-state index contributed by atoms with van der Waals surface area (Å²) in [5.74, 6) is -0.742. The maximum atomic E-state index is 13.0. The van der Waals surface area contributed by atoms with Gasteiger partial charge in [0.1, 0.15) is 11.7 Å². The van der Waals surface area contributed by atoms with E-state index in [0.29, 0.717) is 19.6 Å². The van der Waals surface area contributed by atoms with Gasteiger partial charge in [0.2, 0.25) is 0 Å². The highest BCUT2D eigenvalue weighted by Crippen LogP contribution is 2.27. The Morgan fingerprint density at radius 2 is 1.84 bits per heavy atom. The van der Waals surface area contributed by atoms with Crippen LogP contribution in [0.2, 0.25) is 0 Å². The zero-order chi connectivity index (χ0) is 31.6.